The van der Waals surface area contributed by atoms with Crippen molar-refractivity contribution in [3.63, 3.8) is 0 Å². The summed E-state index contributed by atoms with van der Waals surface area (Å²) in [5.41, 5.74) is 0.252. The lowest BCUT2D eigenvalue weighted by atomic mass is 9.69. The molecule has 0 amide bonds. The lowest BCUT2D eigenvalue weighted by molar-refractivity contribution is 0.0870. The van der Waals surface area contributed by atoms with E-state index in [1.807, 2.05) is 43.3 Å². The molecule has 26 heavy (non-hydrogen) atoms. The van der Waals surface area contributed by atoms with Gasteiger partial charge in [0.1, 0.15) is 0 Å². The average molecular weight is 372 g/mol. The summed E-state index contributed by atoms with van der Waals surface area (Å²) >= 11 is 0. The van der Waals surface area contributed by atoms with E-state index in [2.05, 4.69) is 20.8 Å². The molecule has 0 aromatic heterocycles. The van der Waals surface area contributed by atoms with Crippen LogP contribution >= 0.6 is 0 Å². The molecule has 2 aliphatic rings. The van der Waals surface area contributed by atoms with E-state index in [4.69, 9.17) is 0 Å². The van der Waals surface area contributed by atoms with Crippen molar-refractivity contribution in [2.24, 2.45) is 16.7 Å². The topological polar surface area (TPSA) is 37.4 Å². The number of fused-ring (bicyclic) bond motifs is 3. The van der Waals surface area contributed by atoms with Crippen LogP contribution in [0, 0.1) is 16.7 Å². The van der Waals surface area contributed by atoms with E-state index in [0.29, 0.717) is 17.4 Å². The van der Waals surface area contributed by atoms with Gasteiger partial charge in [0.15, 0.2) is 0 Å². The Hall–Kier alpha value is -1.39. The molecule has 2 fully saturated rings. The highest BCUT2D eigenvalue weighted by Gasteiger charge is 2.63. The van der Waals surface area contributed by atoms with Crippen molar-refractivity contribution in [3.05, 3.63) is 42.5 Å². The molecule has 3 nitrogen and oxygen atoms in total. The Morgan fingerprint density at radius 2 is 1.77 bits per heavy atom. The molecular formula is C22H29NO2S. The number of hydrogen-bond donors (Lipinski definition) is 0. The van der Waals surface area contributed by atoms with Crippen molar-refractivity contribution in [2.75, 3.05) is 6.54 Å². The highest BCUT2D eigenvalue weighted by Crippen LogP contribution is 2.66. The SMILES string of the molecule is CCN([C@@H]1C[C@H]2CC[C@]1(C)C2(C)C)S(=O)(=O)c1ccc2ccccc2c1. The molecule has 3 atom stereocenters. The van der Waals surface area contributed by atoms with Gasteiger partial charge in [-0.1, -0.05) is 58.0 Å². The Bertz CT molecular complexity index is 950. The summed E-state index contributed by atoms with van der Waals surface area (Å²) in [5.74, 6) is 0.623. The Kier molecular flexibility index (Phi) is 4.02. The lowest BCUT2D eigenvalue weighted by Crippen LogP contribution is -2.49. The van der Waals surface area contributed by atoms with Crippen molar-refractivity contribution in [2.45, 2.75) is 57.9 Å². The minimum absolute atomic E-state index is 0.0532. The number of nitrogens with zero attached hydrogens (tertiary/aromatic N) is 1. The van der Waals surface area contributed by atoms with Crippen LogP contribution in [-0.2, 0) is 10.0 Å². The third-order valence-corrected chi connectivity index (χ3v) is 9.71. The number of sulfonamides is 1. The molecule has 0 spiro atoms. The van der Waals surface area contributed by atoms with E-state index in [9.17, 15) is 8.42 Å². The second-order valence-corrected chi connectivity index (χ2v) is 10.7. The molecule has 0 saturated heterocycles. The Morgan fingerprint density at radius 1 is 1.08 bits per heavy atom. The Labute approximate surface area is 157 Å². The molecular weight excluding hydrogens is 342 g/mol. The van der Waals surface area contributed by atoms with Crippen LogP contribution in [0.1, 0.15) is 47.0 Å². The minimum Gasteiger partial charge on any atom is -0.207 e. The van der Waals surface area contributed by atoms with E-state index in [1.54, 1.807) is 10.4 Å². The first-order valence-electron chi connectivity index (χ1n) is 9.72. The molecule has 0 heterocycles. The summed E-state index contributed by atoms with van der Waals surface area (Å²) in [4.78, 5) is 0.419. The maximum atomic E-state index is 13.5. The largest absolute Gasteiger partial charge is 0.243 e. The molecule has 4 heteroatoms. The van der Waals surface area contributed by atoms with Crippen LogP contribution in [0.25, 0.3) is 10.8 Å². The van der Waals surface area contributed by atoms with E-state index in [1.165, 1.54) is 6.42 Å². The lowest BCUT2D eigenvalue weighted by Gasteiger charge is -2.43. The second-order valence-electron chi connectivity index (χ2n) is 8.84. The average Bonchev–Trinajstić information content (AvgIpc) is 2.95. The second kappa shape index (κ2) is 5.80. The molecule has 0 N–H and O–H groups in total. The van der Waals surface area contributed by atoms with E-state index >= 15 is 0 Å². The maximum absolute atomic E-state index is 13.5. The van der Waals surface area contributed by atoms with Crippen LogP contribution in [0.3, 0.4) is 0 Å². The van der Waals surface area contributed by atoms with Crippen molar-refractivity contribution >= 4 is 20.8 Å². The van der Waals surface area contributed by atoms with Gasteiger partial charge < -0.3 is 0 Å². The van der Waals surface area contributed by atoms with Crippen LogP contribution in [0.2, 0.25) is 0 Å². The first-order chi connectivity index (χ1) is 12.2. The Morgan fingerprint density at radius 3 is 2.35 bits per heavy atom. The molecule has 0 unspecified atom stereocenters. The van der Waals surface area contributed by atoms with E-state index < -0.39 is 10.0 Å². The van der Waals surface area contributed by atoms with Crippen molar-refractivity contribution in [3.8, 4) is 0 Å². The summed E-state index contributed by atoms with van der Waals surface area (Å²) in [6.07, 6.45) is 3.34. The zero-order chi connectivity index (χ0) is 18.7. The van der Waals surface area contributed by atoms with Crippen molar-refractivity contribution in [1.82, 2.24) is 4.31 Å². The molecule has 2 aliphatic carbocycles. The summed E-state index contributed by atoms with van der Waals surface area (Å²) < 4.78 is 28.9. The predicted octanol–water partition coefficient (Wildman–Crippen LogP) is 5.07. The zero-order valence-corrected chi connectivity index (χ0v) is 17.0. The minimum atomic E-state index is -3.50. The first-order valence-corrected chi connectivity index (χ1v) is 11.2. The number of benzene rings is 2. The molecule has 2 bridgehead atoms. The van der Waals surface area contributed by atoms with Crippen LogP contribution in [0.5, 0.6) is 0 Å². The highest BCUT2D eigenvalue weighted by molar-refractivity contribution is 7.89. The monoisotopic (exact) mass is 371 g/mol. The zero-order valence-electron chi connectivity index (χ0n) is 16.2. The molecule has 2 aromatic carbocycles. The van der Waals surface area contributed by atoms with Crippen LogP contribution < -0.4 is 0 Å². The van der Waals surface area contributed by atoms with Gasteiger partial charge in [-0.2, -0.15) is 4.31 Å². The van der Waals surface area contributed by atoms with Gasteiger partial charge in [0.05, 0.1) is 4.90 Å². The fraction of sp³-hybridized carbons (Fsp3) is 0.545. The van der Waals surface area contributed by atoms with E-state index in [-0.39, 0.29) is 16.9 Å². The summed E-state index contributed by atoms with van der Waals surface area (Å²) in [7, 11) is -3.50. The van der Waals surface area contributed by atoms with Gasteiger partial charge in [0.25, 0.3) is 0 Å². The predicted molar refractivity (Wildman–Crippen MR) is 107 cm³/mol. The number of hydrogen-bond acceptors (Lipinski definition) is 2. The summed E-state index contributed by atoms with van der Waals surface area (Å²) in [5, 5.41) is 2.05. The smallest absolute Gasteiger partial charge is 0.207 e. The van der Waals surface area contributed by atoms with Gasteiger partial charge >= 0.3 is 0 Å². The van der Waals surface area contributed by atoms with Gasteiger partial charge in [-0.25, -0.2) is 8.42 Å². The number of rotatable bonds is 4. The molecule has 0 radical (unpaired) electrons. The third-order valence-electron chi connectivity index (χ3n) is 7.73. The fourth-order valence-corrected chi connectivity index (χ4v) is 7.40. The quantitative estimate of drug-likeness (QED) is 0.753. The molecule has 4 rings (SSSR count). The summed E-state index contributed by atoms with van der Waals surface area (Å²) in [6, 6.07) is 13.5. The first kappa shape index (κ1) is 18.0. The van der Waals surface area contributed by atoms with Gasteiger partial charge in [-0.15, -0.1) is 0 Å². The van der Waals surface area contributed by atoms with Crippen LogP contribution in [0.4, 0.5) is 0 Å². The van der Waals surface area contributed by atoms with Crippen LogP contribution in [0.15, 0.2) is 47.4 Å². The van der Waals surface area contributed by atoms with Crippen molar-refractivity contribution in [1.29, 1.82) is 0 Å². The maximum Gasteiger partial charge on any atom is 0.243 e. The van der Waals surface area contributed by atoms with Gasteiger partial charge in [-0.05, 0) is 58.9 Å². The highest BCUT2D eigenvalue weighted by atomic mass is 32.2. The Balaban J connectivity index is 1.76. The normalized spacial score (nSPS) is 30.3. The standard InChI is InChI=1S/C22H29NO2S/c1-5-23(20-15-18-12-13-22(20,4)21(18,2)3)26(24,25)19-11-10-16-8-6-7-9-17(16)14-19/h6-11,14,18,20H,5,12-13,15H2,1-4H3/t18-,20-,22+/m1/s1. The van der Waals surface area contributed by atoms with Gasteiger partial charge in [0, 0.05) is 12.6 Å². The summed E-state index contributed by atoms with van der Waals surface area (Å²) in [6.45, 7) is 9.48. The third kappa shape index (κ3) is 2.31. The van der Waals surface area contributed by atoms with Gasteiger partial charge in [0.2, 0.25) is 10.0 Å². The van der Waals surface area contributed by atoms with Crippen molar-refractivity contribution < 1.29 is 8.42 Å². The molecule has 2 aromatic rings. The fourth-order valence-electron chi connectivity index (χ4n) is 5.62. The van der Waals surface area contributed by atoms with Crippen LogP contribution in [-0.4, -0.2) is 25.3 Å². The molecule has 2 saturated carbocycles. The van der Waals surface area contributed by atoms with E-state index in [0.717, 1.165) is 23.6 Å². The van der Waals surface area contributed by atoms with Gasteiger partial charge in [-0.3, -0.25) is 0 Å². The molecule has 0 aliphatic heterocycles. The molecule has 140 valence electrons.